The van der Waals surface area contributed by atoms with E-state index in [1.165, 1.54) is 33.5 Å². The first kappa shape index (κ1) is 9.72. The fourth-order valence-corrected chi connectivity index (χ4v) is 2.91. The summed E-state index contributed by atoms with van der Waals surface area (Å²) in [7, 11) is 0. The molecule has 86 valence electrons. The minimum absolute atomic E-state index is 1.04. The highest BCUT2D eigenvalue weighted by Gasteiger charge is 2.20. The molecule has 0 aliphatic heterocycles. The van der Waals surface area contributed by atoms with Gasteiger partial charge in [0.2, 0.25) is 0 Å². The smallest absolute Gasteiger partial charge is 0.0457 e. The molecule has 0 atom stereocenters. The Bertz CT molecular complexity index is 708. The van der Waals surface area contributed by atoms with E-state index in [9.17, 15) is 0 Å². The summed E-state index contributed by atoms with van der Waals surface area (Å²) in [4.78, 5) is 3.31. The second-order valence-corrected chi connectivity index (χ2v) is 4.75. The minimum atomic E-state index is 1.04. The maximum absolute atomic E-state index is 3.31. The summed E-state index contributed by atoms with van der Waals surface area (Å²) in [6.07, 6.45) is 3.03. The number of H-pyrrole nitrogens is 1. The molecule has 1 aliphatic rings. The van der Waals surface area contributed by atoms with Crippen LogP contribution in [-0.2, 0) is 6.42 Å². The topological polar surface area (TPSA) is 15.8 Å². The molecule has 1 nitrogen and oxygen atoms in total. The number of aromatic nitrogens is 1. The molecule has 1 heteroatoms. The summed E-state index contributed by atoms with van der Waals surface area (Å²) in [6.45, 7) is 0. The molecule has 1 aliphatic carbocycles. The fraction of sp³-hybridized carbons (Fsp3) is 0.0588. The van der Waals surface area contributed by atoms with E-state index in [1.54, 1.807) is 0 Å². The Balaban J connectivity index is 1.97. The Morgan fingerprint density at radius 1 is 0.722 bits per heavy atom. The van der Waals surface area contributed by atoms with Crippen LogP contribution in [0.1, 0.15) is 11.1 Å². The Hall–Kier alpha value is -2.28. The third kappa shape index (κ3) is 1.28. The zero-order chi connectivity index (χ0) is 11.9. The van der Waals surface area contributed by atoms with E-state index in [2.05, 4.69) is 59.6 Å². The van der Waals surface area contributed by atoms with Crippen molar-refractivity contribution < 1.29 is 0 Å². The fourth-order valence-electron chi connectivity index (χ4n) is 2.91. The summed E-state index contributed by atoms with van der Waals surface area (Å²) < 4.78 is 0. The van der Waals surface area contributed by atoms with Gasteiger partial charge >= 0.3 is 0 Å². The normalized spacial score (nSPS) is 12.2. The highest BCUT2D eigenvalue weighted by atomic mass is 14.7. The van der Waals surface area contributed by atoms with E-state index in [-0.39, 0.29) is 0 Å². The van der Waals surface area contributed by atoms with Crippen molar-refractivity contribution in [3.63, 3.8) is 0 Å². The predicted octanol–water partition coefficient (Wildman–Crippen LogP) is 4.25. The van der Waals surface area contributed by atoms with Gasteiger partial charge in [0.15, 0.2) is 0 Å². The van der Waals surface area contributed by atoms with Crippen molar-refractivity contribution in [2.24, 2.45) is 0 Å². The van der Waals surface area contributed by atoms with Gasteiger partial charge in [-0.2, -0.15) is 0 Å². The highest BCUT2D eigenvalue weighted by molar-refractivity contribution is 5.83. The predicted molar refractivity (Wildman–Crippen MR) is 74.5 cm³/mol. The third-order valence-electron chi connectivity index (χ3n) is 3.74. The van der Waals surface area contributed by atoms with Gasteiger partial charge < -0.3 is 4.98 Å². The van der Waals surface area contributed by atoms with Crippen molar-refractivity contribution in [2.75, 3.05) is 0 Å². The standard InChI is InChI=1S/C17H13N/c1-2-6-13-12(5-1)11-16-14(13)7-3-8-15(16)17-9-4-10-18-17/h1-10,18H,11H2. The van der Waals surface area contributed by atoms with Crippen LogP contribution < -0.4 is 0 Å². The van der Waals surface area contributed by atoms with Gasteiger partial charge in [-0.15, -0.1) is 0 Å². The molecule has 4 rings (SSSR count). The Labute approximate surface area is 106 Å². The van der Waals surface area contributed by atoms with Crippen LogP contribution in [0.15, 0.2) is 60.8 Å². The number of aromatic amines is 1. The van der Waals surface area contributed by atoms with Crippen LogP contribution in [-0.4, -0.2) is 4.98 Å². The average molecular weight is 231 g/mol. The van der Waals surface area contributed by atoms with Gasteiger partial charge in [-0.05, 0) is 40.8 Å². The zero-order valence-electron chi connectivity index (χ0n) is 9.98. The van der Waals surface area contributed by atoms with Crippen LogP contribution >= 0.6 is 0 Å². The summed E-state index contributed by atoms with van der Waals surface area (Å²) in [5, 5.41) is 0. The lowest BCUT2D eigenvalue weighted by molar-refractivity contribution is 1.25. The molecule has 0 amide bonds. The van der Waals surface area contributed by atoms with E-state index < -0.39 is 0 Å². The lowest BCUT2D eigenvalue weighted by Crippen LogP contribution is -1.87. The van der Waals surface area contributed by atoms with Crippen LogP contribution in [0.25, 0.3) is 22.4 Å². The molecular weight excluding hydrogens is 218 g/mol. The Morgan fingerprint density at radius 2 is 1.56 bits per heavy atom. The molecule has 2 aromatic carbocycles. The average Bonchev–Trinajstić information content (AvgIpc) is 3.05. The quantitative estimate of drug-likeness (QED) is 0.504. The van der Waals surface area contributed by atoms with Crippen LogP contribution in [0.3, 0.4) is 0 Å². The van der Waals surface area contributed by atoms with Gasteiger partial charge in [0, 0.05) is 17.5 Å². The molecule has 1 N–H and O–H groups in total. The summed E-state index contributed by atoms with van der Waals surface area (Å²) in [6, 6.07) is 19.5. The van der Waals surface area contributed by atoms with E-state index in [0.29, 0.717) is 0 Å². The van der Waals surface area contributed by atoms with Gasteiger partial charge in [-0.3, -0.25) is 0 Å². The summed E-state index contributed by atoms with van der Waals surface area (Å²) in [5.74, 6) is 0. The van der Waals surface area contributed by atoms with Crippen LogP contribution in [0.4, 0.5) is 0 Å². The zero-order valence-corrected chi connectivity index (χ0v) is 9.98. The Kier molecular flexibility index (Phi) is 1.95. The number of benzene rings is 2. The second kappa shape index (κ2) is 3.61. The summed E-state index contributed by atoms with van der Waals surface area (Å²) in [5.41, 5.74) is 8.19. The maximum Gasteiger partial charge on any atom is 0.0457 e. The molecule has 0 bridgehead atoms. The van der Waals surface area contributed by atoms with Crippen molar-refractivity contribution in [3.8, 4) is 22.4 Å². The molecule has 0 unspecified atom stereocenters. The monoisotopic (exact) mass is 231 g/mol. The number of hydrogen-bond donors (Lipinski definition) is 1. The van der Waals surface area contributed by atoms with Crippen molar-refractivity contribution in [2.45, 2.75) is 6.42 Å². The minimum Gasteiger partial charge on any atom is -0.361 e. The van der Waals surface area contributed by atoms with Crippen molar-refractivity contribution in [3.05, 3.63) is 71.9 Å². The molecule has 0 spiro atoms. The van der Waals surface area contributed by atoms with Gasteiger partial charge in [0.1, 0.15) is 0 Å². The molecule has 3 aromatic rings. The van der Waals surface area contributed by atoms with Crippen molar-refractivity contribution in [1.29, 1.82) is 0 Å². The Morgan fingerprint density at radius 3 is 2.44 bits per heavy atom. The number of hydrogen-bond acceptors (Lipinski definition) is 0. The number of rotatable bonds is 1. The molecule has 0 fully saturated rings. The van der Waals surface area contributed by atoms with E-state index >= 15 is 0 Å². The molecule has 0 saturated carbocycles. The van der Waals surface area contributed by atoms with Gasteiger partial charge in [0.25, 0.3) is 0 Å². The van der Waals surface area contributed by atoms with Crippen molar-refractivity contribution in [1.82, 2.24) is 4.98 Å². The van der Waals surface area contributed by atoms with Gasteiger partial charge in [-0.25, -0.2) is 0 Å². The molecule has 0 saturated heterocycles. The largest absolute Gasteiger partial charge is 0.361 e. The lowest BCUT2D eigenvalue weighted by atomic mass is 9.99. The maximum atomic E-state index is 3.31. The first-order valence-electron chi connectivity index (χ1n) is 6.27. The SMILES string of the molecule is c1c[nH]c(-c2cccc3c2Cc2ccccc2-3)c1. The molecule has 1 aromatic heterocycles. The van der Waals surface area contributed by atoms with Crippen LogP contribution in [0.5, 0.6) is 0 Å². The van der Waals surface area contributed by atoms with Gasteiger partial charge in [0.05, 0.1) is 0 Å². The van der Waals surface area contributed by atoms with Gasteiger partial charge in [-0.1, -0.05) is 42.5 Å². The first-order valence-corrected chi connectivity index (χ1v) is 6.27. The van der Waals surface area contributed by atoms with Crippen molar-refractivity contribution >= 4 is 0 Å². The van der Waals surface area contributed by atoms with E-state index in [1.807, 2.05) is 6.20 Å². The lowest BCUT2D eigenvalue weighted by Gasteiger charge is -2.06. The van der Waals surface area contributed by atoms with Crippen LogP contribution in [0, 0.1) is 0 Å². The molecule has 0 radical (unpaired) electrons. The van der Waals surface area contributed by atoms with E-state index in [4.69, 9.17) is 0 Å². The second-order valence-electron chi connectivity index (χ2n) is 4.75. The third-order valence-corrected chi connectivity index (χ3v) is 3.74. The first-order chi connectivity index (χ1) is 8.93. The van der Waals surface area contributed by atoms with Crippen LogP contribution in [0.2, 0.25) is 0 Å². The molecule has 18 heavy (non-hydrogen) atoms. The molecule has 1 heterocycles. The number of nitrogens with one attached hydrogen (secondary N) is 1. The molecular formula is C17H13N. The number of fused-ring (bicyclic) bond motifs is 3. The summed E-state index contributed by atoms with van der Waals surface area (Å²) >= 11 is 0. The highest BCUT2D eigenvalue weighted by Crippen LogP contribution is 2.40. The van der Waals surface area contributed by atoms with E-state index in [0.717, 1.165) is 6.42 Å².